The maximum Gasteiger partial charge on any atom is 0.257 e. The lowest BCUT2D eigenvalue weighted by atomic mass is 9.79. The number of rotatable bonds is 4. The van der Waals surface area contributed by atoms with Gasteiger partial charge in [0.1, 0.15) is 11.6 Å². The van der Waals surface area contributed by atoms with Crippen LogP contribution in [-0.4, -0.2) is 59.2 Å². The highest BCUT2D eigenvalue weighted by Gasteiger charge is 2.43. The standard InChI is InChI=1S/C20H25FN4O2/c1-27-17-3-4-18(21)15(9-17)12-24-7-2-5-20(13-24)6-8-25(14-20)19(26)16-10-22-23-11-16/h3-4,9-11H,2,5-8,12-14H2,1H3,(H,22,23)/t20-/m1/s1. The lowest BCUT2D eigenvalue weighted by Gasteiger charge is -2.40. The molecule has 0 unspecified atom stereocenters. The van der Waals surface area contributed by atoms with Crippen LogP contribution >= 0.6 is 0 Å². The van der Waals surface area contributed by atoms with Crippen LogP contribution in [0, 0.1) is 11.2 Å². The quantitative estimate of drug-likeness (QED) is 0.896. The number of aromatic nitrogens is 2. The molecule has 0 radical (unpaired) electrons. The first-order valence-corrected chi connectivity index (χ1v) is 9.41. The fraction of sp³-hybridized carbons (Fsp3) is 0.500. The van der Waals surface area contributed by atoms with Crippen LogP contribution in [0.4, 0.5) is 4.39 Å². The van der Waals surface area contributed by atoms with Gasteiger partial charge in [-0.3, -0.25) is 14.8 Å². The Morgan fingerprint density at radius 2 is 2.22 bits per heavy atom. The minimum Gasteiger partial charge on any atom is -0.497 e. The summed E-state index contributed by atoms with van der Waals surface area (Å²) in [5.74, 6) is 0.520. The van der Waals surface area contributed by atoms with Crippen molar-refractivity contribution in [2.24, 2.45) is 5.41 Å². The number of benzene rings is 1. The molecule has 2 aromatic rings. The molecule has 1 aromatic carbocycles. The van der Waals surface area contributed by atoms with Gasteiger partial charge in [0.05, 0.1) is 18.9 Å². The van der Waals surface area contributed by atoms with Crippen LogP contribution in [0.3, 0.4) is 0 Å². The Morgan fingerprint density at radius 1 is 1.33 bits per heavy atom. The highest BCUT2D eigenvalue weighted by atomic mass is 19.1. The number of hydrogen-bond donors (Lipinski definition) is 1. The third-order valence-corrected chi connectivity index (χ3v) is 5.86. The van der Waals surface area contributed by atoms with Crippen molar-refractivity contribution in [3.63, 3.8) is 0 Å². The number of aromatic amines is 1. The number of likely N-dealkylation sites (tertiary alicyclic amines) is 2. The minimum absolute atomic E-state index is 0.0385. The van der Waals surface area contributed by atoms with Gasteiger partial charge in [-0.1, -0.05) is 0 Å². The number of piperidine rings is 1. The molecular formula is C20H25FN4O2. The van der Waals surface area contributed by atoms with Gasteiger partial charge >= 0.3 is 0 Å². The van der Waals surface area contributed by atoms with Crippen molar-refractivity contribution in [1.82, 2.24) is 20.0 Å². The predicted octanol–water partition coefficient (Wildman–Crippen LogP) is 2.69. The van der Waals surface area contributed by atoms with E-state index in [-0.39, 0.29) is 17.1 Å². The van der Waals surface area contributed by atoms with Crippen LogP contribution in [-0.2, 0) is 6.54 Å². The van der Waals surface area contributed by atoms with Crippen molar-refractivity contribution in [1.29, 1.82) is 0 Å². The number of nitrogens with zero attached hydrogens (tertiary/aromatic N) is 3. The Balaban J connectivity index is 1.43. The van der Waals surface area contributed by atoms with Gasteiger partial charge in [0.2, 0.25) is 0 Å². The summed E-state index contributed by atoms with van der Waals surface area (Å²) in [4.78, 5) is 16.9. The predicted molar refractivity (Wildman–Crippen MR) is 99.0 cm³/mol. The highest BCUT2D eigenvalue weighted by molar-refractivity contribution is 5.93. The molecule has 0 saturated carbocycles. The van der Waals surface area contributed by atoms with Gasteiger partial charge in [0.25, 0.3) is 5.91 Å². The Bertz CT molecular complexity index is 810. The maximum absolute atomic E-state index is 14.2. The number of ether oxygens (including phenoxy) is 1. The SMILES string of the molecule is COc1ccc(F)c(CN2CCC[C@@]3(CCN(C(=O)c4cn[nH]c4)C3)C2)c1. The van der Waals surface area contributed by atoms with E-state index in [1.807, 2.05) is 4.90 Å². The molecule has 1 spiro atoms. The Labute approximate surface area is 158 Å². The summed E-state index contributed by atoms with van der Waals surface area (Å²) >= 11 is 0. The average Bonchev–Trinajstić information content (AvgIpc) is 3.34. The van der Waals surface area contributed by atoms with Crippen molar-refractivity contribution in [3.05, 3.63) is 47.5 Å². The number of H-pyrrole nitrogens is 1. The zero-order chi connectivity index (χ0) is 18.9. The topological polar surface area (TPSA) is 61.5 Å². The molecule has 1 atom stereocenters. The number of methoxy groups -OCH3 is 1. The molecule has 0 bridgehead atoms. The second-order valence-corrected chi connectivity index (χ2v) is 7.74. The van der Waals surface area contributed by atoms with E-state index in [0.717, 1.165) is 45.4 Å². The Hall–Kier alpha value is -2.41. The monoisotopic (exact) mass is 372 g/mol. The van der Waals surface area contributed by atoms with E-state index in [1.54, 1.807) is 31.6 Å². The molecule has 4 rings (SSSR count). The number of halogens is 1. The van der Waals surface area contributed by atoms with E-state index in [1.165, 1.54) is 6.07 Å². The van der Waals surface area contributed by atoms with E-state index >= 15 is 0 Å². The molecule has 2 saturated heterocycles. The van der Waals surface area contributed by atoms with Crippen LogP contribution < -0.4 is 4.74 Å². The summed E-state index contributed by atoms with van der Waals surface area (Å²) in [6.45, 7) is 3.94. The molecule has 27 heavy (non-hydrogen) atoms. The van der Waals surface area contributed by atoms with Gasteiger partial charge in [-0.05, 0) is 44.0 Å². The van der Waals surface area contributed by atoms with Gasteiger partial charge in [-0.2, -0.15) is 5.10 Å². The Morgan fingerprint density at radius 3 is 3.00 bits per heavy atom. The fourth-order valence-electron chi connectivity index (χ4n) is 4.48. The second-order valence-electron chi connectivity index (χ2n) is 7.74. The molecule has 7 heteroatoms. The summed E-state index contributed by atoms with van der Waals surface area (Å²) in [5.41, 5.74) is 1.38. The smallest absolute Gasteiger partial charge is 0.257 e. The van der Waals surface area contributed by atoms with Crippen molar-refractivity contribution in [3.8, 4) is 5.75 Å². The van der Waals surface area contributed by atoms with Crippen molar-refractivity contribution in [2.75, 3.05) is 33.3 Å². The molecule has 0 aliphatic carbocycles. The van der Waals surface area contributed by atoms with E-state index < -0.39 is 0 Å². The number of carbonyl (C=O) groups is 1. The summed E-state index contributed by atoms with van der Waals surface area (Å²) in [5, 5.41) is 6.58. The molecule has 6 nitrogen and oxygen atoms in total. The molecule has 1 N–H and O–H groups in total. The number of carbonyl (C=O) groups excluding carboxylic acids is 1. The maximum atomic E-state index is 14.2. The largest absolute Gasteiger partial charge is 0.497 e. The third kappa shape index (κ3) is 3.69. The summed E-state index contributed by atoms with van der Waals surface area (Å²) in [6, 6.07) is 4.89. The number of nitrogens with one attached hydrogen (secondary N) is 1. The van der Waals surface area contributed by atoms with Crippen LogP contribution in [0.1, 0.15) is 35.2 Å². The van der Waals surface area contributed by atoms with Crippen LogP contribution in [0.25, 0.3) is 0 Å². The minimum atomic E-state index is -0.196. The second kappa shape index (κ2) is 7.31. The first-order valence-electron chi connectivity index (χ1n) is 9.41. The molecule has 1 aromatic heterocycles. The molecule has 3 heterocycles. The van der Waals surface area contributed by atoms with Crippen LogP contribution in [0.15, 0.2) is 30.6 Å². The molecule has 2 aliphatic heterocycles. The third-order valence-electron chi connectivity index (χ3n) is 5.86. The molecule has 2 fully saturated rings. The lowest BCUT2D eigenvalue weighted by molar-refractivity contribution is 0.0673. The lowest BCUT2D eigenvalue weighted by Crippen LogP contribution is -2.45. The Kier molecular flexibility index (Phi) is 4.86. The van der Waals surface area contributed by atoms with E-state index in [9.17, 15) is 9.18 Å². The van der Waals surface area contributed by atoms with Gasteiger partial charge in [-0.15, -0.1) is 0 Å². The number of amides is 1. The van der Waals surface area contributed by atoms with Crippen molar-refractivity contribution >= 4 is 5.91 Å². The fourth-order valence-corrected chi connectivity index (χ4v) is 4.48. The highest BCUT2D eigenvalue weighted by Crippen LogP contribution is 2.40. The van der Waals surface area contributed by atoms with E-state index in [4.69, 9.17) is 4.74 Å². The van der Waals surface area contributed by atoms with Gasteiger partial charge in [0.15, 0.2) is 0 Å². The van der Waals surface area contributed by atoms with Gasteiger partial charge in [-0.25, -0.2) is 4.39 Å². The molecule has 2 aliphatic rings. The average molecular weight is 372 g/mol. The zero-order valence-electron chi connectivity index (χ0n) is 15.6. The first-order chi connectivity index (χ1) is 13.1. The van der Waals surface area contributed by atoms with Gasteiger partial charge < -0.3 is 9.64 Å². The summed E-state index contributed by atoms with van der Waals surface area (Å²) < 4.78 is 19.4. The van der Waals surface area contributed by atoms with E-state index in [0.29, 0.717) is 23.4 Å². The number of hydrogen-bond acceptors (Lipinski definition) is 4. The molecule has 1 amide bonds. The van der Waals surface area contributed by atoms with Crippen molar-refractivity contribution in [2.45, 2.75) is 25.8 Å². The molecule has 144 valence electrons. The van der Waals surface area contributed by atoms with Crippen LogP contribution in [0.2, 0.25) is 0 Å². The zero-order valence-corrected chi connectivity index (χ0v) is 15.6. The van der Waals surface area contributed by atoms with Crippen molar-refractivity contribution < 1.29 is 13.9 Å². The molecular weight excluding hydrogens is 347 g/mol. The summed E-state index contributed by atoms with van der Waals surface area (Å²) in [6.07, 6.45) is 6.39. The van der Waals surface area contributed by atoms with Crippen LogP contribution in [0.5, 0.6) is 5.75 Å². The van der Waals surface area contributed by atoms with E-state index in [2.05, 4.69) is 15.1 Å². The summed E-state index contributed by atoms with van der Waals surface area (Å²) in [7, 11) is 1.59. The normalized spacial score (nSPS) is 23.1. The first kappa shape index (κ1) is 18.0. The van der Waals surface area contributed by atoms with Gasteiger partial charge in [0, 0.05) is 43.4 Å².